The van der Waals surface area contributed by atoms with Crippen molar-refractivity contribution in [3.05, 3.63) is 12.4 Å². The van der Waals surface area contributed by atoms with Crippen LogP contribution in [0.25, 0.3) is 0 Å². The van der Waals surface area contributed by atoms with Crippen molar-refractivity contribution in [2.24, 2.45) is 0 Å². The van der Waals surface area contributed by atoms with Crippen LogP contribution in [0.1, 0.15) is 13.3 Å². The molecular weight excluding hydrogens is 288 g/mol. The van der Waals surface area contributed by atoms with E-state index in [9.17, 15) is 18.0 Å². The number of carbonyl (C=O) groups excluding carboxylic acids is 1. The fraction of sp³-hybridized carbons (Fsp3) is 0.500. The summed E-state index contributed by atoms with van der Waals surface area (Å²) in [4.78, 5) is 21.5. The summed E-state index contributed by atoms with van der Waals surface area (Å²) < 4.78 is 26.9. The number of hydrogen-bond donors (Lipinski definition) is 3. The number of nitrogens with zero attached hydrogens (tertiary/aromatic N) is 2. The van der Waals surface area contributed by atoms with Gasteiger partial charge in [-0.1, -0.05) is 0 Å². The van der Waals surface area contributed by atoms with Crippen molar-refractivity contribution < 1.29 is 23.1 Å². The average Bonchev–Trinajstić information content (AvgIpc) is 2.77. The van der Waals surface area contributed by atoms with Crippen LogP contribution in [0.4, 0.5) is 0 Å². The van der Waals surface area contributed by atoms with E-state index in [4.69, 9.17) is 5.11 Å². The molecule has 0 radical (unpaired) electrons. The molecule has 1 aromatic heterocycles. The van der Waals surface area contributed by atoms with Gasteiger partial charge in [0.05, 0.1) is 6.20 Å². The minimum Gasteiger partial charge on any atom is -0.480 e. The van der Waals surface area contributed by atoms with E-state index in [1.807, 2.05) is 0 Å². The van der Waals surface area contributed by atoms with Crippen LogP contribution in [-0.4, -0.2) is 48.3 Å². The summed E-state index contributed by atoms with van der Waals surface area (Å²) in [7, 11) is -3.79. The molecule has 0 aliphatic rings. The maximum absolute atomic E-state index is 11.8. The molecule has 0 saturated heterocycles. The van der Waals surface area contributed by atoms with Crippen LogP contribution < -0.4 is 10.0 Å². The molecule has 1 rings (SSSR count). The number of sulfonamides is 1. The lowest BCUT2D eigenvalue weighted by atomic mass is 10.4. The number of hydrogen-bond acceptors (Lipinski definition) is 5. The first-order valence-corrected chi connectivity index (χ1v) is 7.34. The van der Waals surface area contributed by atoms with E-state index < -0.39 is 22.5 Å². The zero-order valence-corrected chi connectivity index (χ0v) is 11.7. The smallest absolute Gasteiger partial charge is 0.325 e. The third-order valence-corrected chi connectivity index (χ3v) is 3.65. The molecule has 1 amide bonds. The Kier molecular flexibility index (Phi) is 5.65. The first-order chi connectivity index (χ1) is 9.35. The SMILES string of the molecule is CCNC(=O)CCNS(=O)(=O)c1cnn(CC(=O)O)c1. The fourth-order valence-electron chi connectivity index (χ4n) is 1.38. The molecule has 112 valence electrons. The van der Waals surface area contributed by atoms with E-state index in [0.717, 1.165) is 17.1 Å². The molecule has 0 bridgehead atoms. The largest absolute Gasteiger partial charge is 0.480 e. The quantitative estimate of drug-likeness (QED) is 0.551. The summed E-state index contributed by atoms with van der Waals surface area (Å²) in [5.41, 5.74) is 0. The first-order valence-electron chi connectivity index (χ1n) is 5.85. The van der Waals surface area contributed by atoms with Gasteiger partial charge in [-0.15, -0.1) is 0 Å². The van der Waals surface area contributed by atoms with E-state index in [0.29, 0.717) is 6.54 Å². The predicted molar refractivity (Wildman–Crippen MR) is 68.4 cm³/mol. The summed E-state index contributed by atoms with van der Waals surface area (Å²) in [6.45, 7) is 1.78. The second-order valence-corrected chi connectivity index (χ2v) is 5.64. The van der Waals surface area contributed by atoms with Crippen molar-refractivity contribution in [1.82, 2.24) is 19.8 Å². The summed E-state index contributed by atoms with van der Waals surface area (Å²) in [6, 6.07) is 0. The number of carboxylic acid groups (broad SMARTS) is 1. The Morgan fingerprint density at radius 2 is 2.15 bits per heavy atom. The third kappa shape index (κ3) is 4.97. The maximum Gasteiger partial charge on any atom is 0.325 e. The van der Waals surface area contributed by atoms with Gasteiger partial charge in [-0.05, 0) is 6.92 Å². The van der Waals surface area contributed by atoms with Crippen molar-refractivity contribution in [2.45, 2.75) is 24.8 Å². The number of rotatable bonds is 8. The summed E-state index contributed by atoms with van der Waals surface area (Å²) in [5, 5.41) is 14.7. The maximum atomic E-state index is 11.8. The Morgan fingerprint density at radius 3 is 2.75 bits per heavy atom. The number of aliphatic carboxylic acids is 1. The van der Waals surface area contributed by atoms with Gasteiger partial charge in [-0.25, -0.2) is 13.1 Å². The van der Waals surface area contributed by atoms with Gasteiger partial charge in [0.1, 0.15) is 11.4 Å². The fourth-order valence-corrected chi connectivity index (χ4v) is 2.36. The Hall–Kier alpha value is -1.94. The molecule has 0 aliphatic carbocycles. The Morgan fingerprint density at radius 1 is 1.45 bits per heavy atom. The van der Waals surface area contributed by atoms with Crippen LogP contribution in [0.2, 0.25) is 0 Å². The highest BCUT2D eigenvalue weighted by atomic mass is 32.2. The second-order valence-electron chi connectivity index (χ2n) is 3.87. The van der Waals surface area contributed by atoms with Gasteiger partial charge in [0.15, 0.2) is 0 Å². The van der Waals surface area contributed by atoms with E-state index in [1.54, 1.807) is 6.92 Å². The molecule has 20 heavy (non-hydrogen) atoms. The van der Waals surface area contributed by atoms with Crippen LogP contribution in [0, 0.1) is 0 Å². The van der Waals surface area contributed by atoms with Gasteiger partial charge in [-0.3, -0.25) is 14.3 Å². The molecule has 10 heteroatoms. The van der Waals surface area contributed by atoms with E-state index in [1.165, 1.54) is 0 Å². The van der Waals surface area contributed by atoms with Crippen LogP contribution in [0.5, 0.6) is 0 Å². The number of carboxylic acids is 1. The Bertz CT molecular complexity index is 580. The van der Waals surface area contributed by atoms with Crippen molar-refractivity contribution >= 4 is 21.9 Å². The van der Waals surface area contributed by atoms with Crippen molar-refractivity contribution in [3.63, 3.8) is 0 Å². The molecule has 1 heterocycles. The molecular formula is C10H16N4O5S. The highest BCUT2D eigenvalue weighted by molar-refractivity contribution is 7.89. The minimum absolute atomic E-state index is 0.0241. The lowest BCUT2D eigenvalue weighted by Gasteiger charge is -2.04. The summed E-state index contributed by atoms with van der Waals surface area (Å²) >= 11 is 0. The van der Waals surface area contributed by atoms with E-state index >= 15 is 0 Å². The van der Waals surface area contributed by atoms with Gasteiger partial charge in [0.2, 0.25) is 15.9 Å². The van der Waals surface area contributed by atoms with Crippen molar-refractivity contribution in [1.29, 1.82) is 0 Å². The van der Waals surface area contributed by atoms with Crippen LogP contribution in [-0.2, 0) is 26.2 Å². The van der Waals surface area contributed by atoms with Crippen LogP contribution in [0.15, 0.2) is 17.3 Å². The van der Waals surface area contributed by atoms with Gasteiger partial charge in [0, 0.05) is 25.7 Å². The lowest BCUT2D eigenvalue weighted by Crippen LogP contribution is -2.30. The topological polar surface area (TPSA) is 130 Å². The Labute approximate surface area is 116 Å². The molecule has 0 spiro atoms. The Balaban J connectivity index is 2.58. The number of amides is 1. The standard InChI is InChI=1S/C10H16N4O5S/c1-2-11-9(15)3-4-13-20(18,19)8-5-12-14(6-8)7-10(16)17/h5-6,13H,2-4,7H2,1H3,(H,11,15)(H,16,17). The van der Waals surface area contributed by atoms with E-state index in [-0.39, 0.29) is 23.8 Å². The molecule has 3 N–H and O–H groups in total. The lowest BCUT2D eigenvalue weighted by molar-refractivity contribution is -0.137. The molecule has 9 nitrogen and oxygen atoms in total. The van der Waals surface area contributed by atoms with Gasteiger partial charge < -0.3 is 10.4 Å². The molecule has 0 aliphatic heterocycles. The minimum atomic E-state index is -3.79. The average molecular weight is 304 g/mol. The summed E-state index contributed by atoms with van der Waals surface area (Å²) in [5.74, 6) is -1.38. The summed E-state index contributed by atoms with van der Waals surface area (Å²) in [6.07, 6.45) is 2.19. The van der Waals surface area contributed by atoms with Crippen LogP contribution in [0.3, 0.4) is 0 Å². The third-order valence-electron chi connectivity index (χ3n) is 2.24. The molecule has 0 saturated carbocycles. The predicted octanol–water partition coefficient (Wildman–Crippen LogP) is -1.23. The number of aromatic nitrogens is 2. The number of carbonyl (C=O) groups is 2. The number of nitrogens with one attached hydrogen (secondary N) is 2. The molecule has 1 aromatic rings. The zero-order valence-electron chi connectivity index (χ0n) is 10.9. The van der Waals surface area contributed by atoms with Gasteiger partial charge >= 0.3 is 5.97 Å². The molecule has 0 atom stereocenters. The zero-order chi connectivity index (χ0) is 15.2. The van der Waals surface area contributed by atoms with Crippen LogP contribution >= 0.6 is 0 Å². The second kappa shape index (κ2) is 7.01. The van der Waals surface area contributed by atoms with Gasteiger partial charge in [0.25, 0.3) is 0 Å². The molecule has 0 aromatic carbocycles. The first kappa shape index (κ1) is 16.1. The van der Waals surface area contributed by atoms with E-state index in [2.05, 4.69) is 15.1 Å². The van der Waals surface area contributed by atoms with Crippen molar-refractivity contribution in [3.8, 4) is 0 Å². The van der Waals surface area contributed by atoms with Gasteiger partial charge in [-0.2, -0.15) is 5.10 Å². The molecule has 0 fully saturated rings. The normalized spacial score (nSPS) is 11.2. The molecule has 0 unspecified atom stereocenters. The highest BCUT2D eigenvalue weighted by Gasteiger charge is 2.17. The monoisotopic (exact) mass is 304 g/mol. The van der Waals surface area contributed by atoms with Crippen molar-refractivity contribution in [2.75, 3.05) is 13.1 Å². The highest BCUT2D eigenvalue weighted by Crippen LogP contribution is 2.06.